The van der Waals surface area contributed by atoms with E-state index in [0.717, 1.165) is 16.6 Å². The number of aromatic nitrogens is 2. The van der Waals surface area contributed by atoms with Crippen molar-refractivity contribution in [3.63, 3.8) is 0 Å². The molecule has 0 amide bonds. The average molecular weight is 341 g/mol. The summed E-state index contributed by atoms with van der Waals surface area (Å²) in [7, 11) is 0. The van der Waals surface area contributed by atoms with Crippen molar-refractivity contribution in [1.29, 1.82) is 5.26 Å². The summed E-state index contributed by atoms with van der Waals surface area (Å²) in [6.07, 6.45) is 0.272. The lowest BCUT2D eigenvalue weighted by Gasteiger charge is -2.15. The Morgan fingerprint density at radius 2 is 2.04 bits per heavy atom. The minimum absolute atomic E-state index is 0.00509. The number of hydrogen-bond donors (Lipinski definition) is 1. The lowest BCUT2D eigenvalue weighted by molar-refractivity contribution is 0.0191. The van der Waals surface area contributed by atoms with Crippen LogP contribution in [0.25, 0.3) is 0 Å². The van der Waals surface area contributed by atoms with Crippen molar-refractivity contribution in [2.45, 2.75) is 38.6 Å². The Morgan fingerprint density at radius 1 is 1.28 bits per heavy atom. The van der Waals surface area contributed by atoms with Gasteiger partial charge in [0.05, 0.1) is 25.9 Å². The number of aliphatic hydroxyl groups excluding tert-OH is 1. The van der Waals surface area contributed by atoms with E-state index < -0.39 is 17.4 Å². The fourth-order valence-corrected chi connectivity index (χ4v) is 3.06. The first-order chi connectivity index (χ1) is 12.1. The van der Waals surface area contributed by atoms with E-state index in [9.17, 15) is 20.0 Å². The molecule has 0 saturated carbocycles. The summed E-state index contributed by atoms with van der Waals surface area (Å²) in [5.74, 6) is 0. The van der Waals surface area contributed by atoms with Crippen molar-refractivity contribution in [3.8, 4) is 6.07 Å². The van der Waals surface area contributed by atoms with E-state index in [2.05, 4.69) is 0 Å². The van der Waals surface area contributed by atoms with E-state index in [1.807, 2.05) is 36.4 Å². The van der Waals surface area contributed by atoms with Gasteiger partial charge in [-0.05, 0) is 18.4 Å². The van der Waals surface area contributed by atoms with Crippen molar-refractivity contribution in [3.05, 3.63) is 68.0 Å². The van der Waals surface area contributed by atoms with Crippen LogP contribution < -0.4 is 11.2 Å². The molecule has 0 fully saturated rings. The molecule has 0 spiro atoms. The van der Waals surface area contributed by atoms with Crippen molar-refractivity contribution >= 4 is 0 Å². The van der Waals surface area contributed by atoms with E-state index in [1.54, 1.807) is 0 Å². The van der Waals surface area contributed by atoms with E-state index in [1.165, 1.54) is 4.57 Å². The highest BCUT2D eigenvalue weighted by atomic mass is 16.5. The van der Waals surface area contributed by atoms with Gasteiger partial charge in [0, 0.05) is 12.2 Å². The number of nitriles is 1. The highest BCUT2D eigenvalue weighted by Gasteiger charge is 2.23. The molecule has 0 bridgehead atoms. The van der Waals surface area contributed by atoms with Gasteiger partial charge in [0.15, 0.2) is 0 Å². The predicted molar refractivity (Wildman–Crippen MR) is 90.1 cm³/mol. The number of hydrogen-bond acceptors (Lipinski definition) is 5. The Kier molecular flexibility index (Phi) is 5.12. The van der Waals surface area contributed by atoms with E-state index >= 15 is 0 Å². The molecule has 0 aliphatic carbocycles. The normalized spacial score (nSPS) is 14.1. The van der Waals surface area contributed by atoms with Crippen molar-refractivity contribution < 1.29 is 9.84 Å². The number of rotatable bonds is 6. The monoisotopic (exact) mass is 341 g/mol. The van der Waals surface area contributed by atoms with Gasteiger partial charge in [-0.25, -0.2) is 4.79 Å². The first-order valence-electron chi connectivity index (χ1n) is 8.18. The maximum absolute atomic E-state index is 12.4. The summed E-state index contributed by atoms with van der Waals surface area (Å²) in [5.41, 5.74) is 0.357. The molecule has 1 unspecified atom stereocenters. The van der Waals surface area contributed by atoms with Gasteiger partial charge in [-0.15, -0.1) is 0 Å². The van der Waals surface area contributed by atoms with Crippen LogP contribution >= 0.6 is 0 Å². The SMILES string of the molecule is N#Cc1c2n(c(=O)n(CC(O)COCc3ccccc3)c1=O)CCC2. The lowest BCUT2D eigenvalue weighted by atomic mass is 10.2. The molecule has 2 aromatic rings. The summed E-state index contributed by atoms with van der Waals surface area (Å²) >= 11 is 0. The molecule has 7 nitrogen and oxygen atoms in total. The molecule has 3 rings (SSSR count). The standard InChI is InChI=1S/C18H19N3O4/c19-9-15-16-7-4-8-20(16)18(24)21(17(15)23)10-14(22)12-25-11-13-5-2-1-3-6-13/h1-3,5-6,14,22H,4,7-8,10-12H2. The van der Waals surface area contributed by atoms with Gasteiger partial charge < -0.3 is 9.84 Å². The summed E-state index contributed by atoms with van der Waals surface area (Å²) in [6.45, 7) is 0.620. The van der Waals surface area contributed by atoms with Gasteiger partial charge in [0.25, 0.3) is 5.56 Å². The highest BCUT2D eigenvalue weighted by molar-refractivity contribution is 5.32. The molecule has 1 aromatic carbocycles. The second kappa shape index (κ2) is 7.47. The van der Waals surface area contributed by atoms with E-state index in [4.69, 9.17) is 4.74 Å². The van der Waals surface area contributed by atoms with Crippen LogP contribution in [0.1, 0.15) is 23.2 Å². The van der Waals surface area contributed by atoms with Gasteiger partial charge in [0.2, 0.25) is 0 Å². The third-order valence-corrected chi connectivity index (χ3v) is 4.26. The highest BCUT2D eigenvalue weighted by Crippen LogP contribution is 2.13. The van der Waals surface area contributed by atoms with Crippen LogP contribution in [0.3, 0.4) is 0 Å². The Hall–Kier alpha value is -2.69. The zero-order valence-corrected chi connectivity index (χ0v) is 13.7. The van der Waals surface area contributed by atoms with Gasteiger partial charge >= 0.3 is 5.69 Å². The average Bonchev–Trinajstić information content (AvgIpc) is 3.10. The van der Waals surface area contributed by atoms with Gasteiger partial charge in [0.1, 0.15) is 11.6 Å². The number of fused-ring (bicyclic) bond motifs is 1. The minimum Gasteiger partial charge on any atom is -0.389 e. The molecular formula is C18H19N3O4. The first-order valence-corrected chi connectivity index (χ1v) is 8.18. The number of aliphatic hydroxyl groups is 1. The summed E-state index contributed by atoms with van der Waals surface area (Å²) < 4.78 is 7.83. The smallest absolute Gasteiger partial charge is 0.331 e. The lowest BCUT2D eigenvalue weighted by Crippen LogP contribution is -2.44. The van der Waals surface area contributed by atoms with Crippen molar-refractivity contribution in [2.24, 2.45) is 0 Å². The molecule has 1 aliphatic rings. The number of nitrogens with zero attached hydrogens (tertiary/aromatic N) is 3. The molecule has 7 heteroatoms. The molecule has 0 saturated heterocycles. The summed E-state index contributed by atoms with van der Waals surface area (Å²) in [5, 5.41) is 19.4. The molecule has 2 heterocycles. The third kappa shape index (κ3) is 3.55. The van der Waals surface area contributed by atoms with Gasteiger partial charge in [-0.1, -0.05) is 30.3 Å². The minimum atomic E-state index is -1.01. The van der Waals surface area contributed by atoms with Gasteiger partial charge in [-0.2, -0.15) is 5.26 Å². The molecule has 25 heavy (non-hydrogen) atoms. The quantitative estimate of drug-likeness (QED) is 0.820. The Morgan fingerprint density at radius 3 is 2.76 bits per heavy atom. The molecule has 130 valence electrons. The summed E-state index contributed by atoms with van der Waals surface area (Å²) in [4.78, 5) is 24.8. The Bertz CT molecular complexity index is 909. The molecule has 1 N–H and O–H groups in total. The molecule has 0 radical (unpaired) electrons. The van der Waals surface area contributed by atoms with Crippen LogP contribution in [-0.4, -0.2) is 27.0 Å². The molecule has 1 aromatic heterocycles. The maximum atomic E-state index is 12.4. The maximum Gasteiger partial charge on any atom is 0.331 e. The summed E-state index contributed by atoms with van der Waals surface area (Å²) in [6, 6.07) is 11.4. The van der Waals surface area contributed by atoms with Crippen LogP contribution in [0.5, 0.6) is 0 Å². The van der Waals surface area contributed by atoms with Crippen LogP contribution in [0.2, 0.25) is 0 Å². The fraction of sp³-hybridized carbons (Fsp3) is 0.389. The molecular weight excluding hydrogens is 322 g/mol. The third-order valence-electron chi connectivity index (χ3n) is 4.26. The van der Waals surface area contributed by atoms with Gasteiger partial charge in [-0.3, -0.25) is 13.9 Å². The first kappa shape index (κ1) is 17.1. The zero-order valence-electron chi connectivity index (χ0n) is 13.7. The zero-order chi connectivity index (χ0) is 17.8. The van der Waals surface area contributed by atoms with E-state index in [-0.39, 0.29) is 18.7 Å². The number of ether oxygens (including phenoxy) is 1. The predicted octanol–water partition coefficient (Wildman–Crippen LogP) is 0.406. The number of benzene rings is 1. The van der Waals surface area contributed by atoms with Crippen LogP contribution in [0.15, 0.2) is 39.9 Å². The van der Waals surface area contributed by atoms with Crippen LogP contribution in [0.4, 0.5) is 0 Å². The molecule has 1 aliphatic heterocycles. The Labute approximate surface area is 144 Å². The van der Waals surface area contributed by atoms with E-state index in [0.29, 0.717) is 25.3 Å². The second-order valence-electron chi connectivity index (χ2n) is 6.04. The largest absolute Gasteiger partial charge is 0.389 e. The van der Waals surface area contributed by atoms with Crippen molar-refractivity contribution in [2.75, 3.05) is 6.61 Å². The van der Waals surface area contributed by atoms with Crippen LogP contribution in [0, 0.1) is 11.3 Å². The Balaban J connectivity index is 1.71. The fourth-order valence-electron chi connectivity index (χ4n) is 3.06. The van der Waals surface area contributed by atoms with Crippen molar-refractivity contribution in [1.82, 2.24) is 9.13 Å². The second-order valence-corrected chi connectivity index (χ2v) is 6.04. The topological polar surface area (TPSA) is 97.2 Å². The van der Waals surface area contributed by atoms with Crippen LogP contribution in [-0.2, 0) is 30.9 Å². The molecule has 1 atom stereocenters.